The van der Waals surface area contributed by atoms with Crippen LogP contribution in [0.1, 0.15) is 5.76 Å². The number of hydrogen-bond donors (Lipinski definition) is 1. The van der Waals surface area contributed by atoms with Crippen LogP contribution < -0.4 is 5.43 Å². The van der Waals surface area contributed by atoms with Crippen molar-refractivity contribution in [1.82, 2.24) is 0 Å². The molecule has 0 aliphatic heterocycles. The molecule has 0 bridgehead atoms. The van der Waals surface area contributed by atoms with Crippen molar-refractivity contribution in [3.05, 3.63) is 52.4 Å². The molecule has 0 saturated carbocycles. The summed E-state index contributed by atoms with van der Waals surface area (Å²) >= 11 is 0. The first-order chi connectivity index (χ1) is 8.16. The fourth-order valence-electron chi connectivity index (χ4n) is 2.07. The summed E-state index contributed by atoms with van der Waals surface area (Å²) < 4.78 is 5.60. The van der Waals surface area contributed by atoms with Crippen molar-refractivity contribution in [2.45, 2.75) is 6.92 Å². The van der Waals surface area contributed by atoms with Crippen LogP contribution in [0, 0.1) is 6.92 Å². The zero-order chi connectivity index (χ0) is 12.0. The van der Waals surface area contributed by atoms with E-state index in [2.05, 4.69) is 0 Å². The number of phenolic OH excluding ortho intramolecular Hbond substituents is 1. The molecule has 17 heavy (non-hydrogen) atoms. The second-order valence-electron chi connectivity index (χ2n) is 4.04. The fraction of sp³-hybridized carbons (Fsp3) is 0.0714. The van der Waals surface area contributed by atoms with E-state index in [4.69, 9.17) is 4.42 Å². The highest BCUT2D eigenvalue weighted by Gasteiger charge is 2.08. The second-order valence-corrected chi connectivity index (χ2v) is 4.04. The van der Waals surface area contributed by atoms with Crippen LogP contribution in [0.25, 0.3) is 21.7 Å². The highest BCUT2D eigenvalue weighted by molar-refractivity contribution is 6.06. The Bertz CT molecular complexity index is 784. The van der Waals surface area contributed by atoms with Gasteiger partial charge in [-0.2, -0.15) is 0 Å². The van der Waals surface area contributed by atoms with Crippen LogP contribution in [0.3, 0.4) is 0 Å². The van der Waals surface area contributed by atoms with Gasteiger partial charge in [0, 0.05) is 16.8 Å². The zero-order valence-electron chi connectivity index (χ0n) is 9.23. The summed E-state index contributed by atoms with van der Waals surface area (Å²) in [7, 11) is 0. The van der Waals surface area contributed by atoms with Crippen LogP contribution >= 0.6 is 0 Å². The van der Waals surface area contributed by atoms with Crippen LogP contribution in [0.2, 0.25) is 0 Å². The van der Waals surface area contributed by atoms with Gasteiger partial charge in [0.1, 0.15) is 17.1 Å². The van der Waals surface area contributed by atoms with E-state index < -0.39 is 0 Å². The molecule has 0 spiro atoms. The van der Waals surface area contributed by atoms with Gasteiger partial charge in [0.25, 0.3) is 0 Å². The summed E-state index contributed by atoms with van der Waals surface area (Å²) in [5, 5.41) is 11.7. The SMILES string of the molecule is Cc1cc(=O)c2ccc3c(O)cccc3c2o1. The van der Waals surface area contributed by atoms with Crippen molar-refractivity contribution < 1.29 is 9.52 Å². The topological polar surface area (TPSA) is 50.4 Å². The van der Waals surface area contributed by atoms with Gasteiger partial charge in [-0.3, -0.25) is 4.79 Å². The molecule has 0 aliphatic rings. The van der Waals surface area contributed by atoms with Crippen molar-refractivity contribution in [3.8, 4) is 5.75 Å². The van der Waals surface area contributed by atoms with Gasteiger partial charge >= 0.3 is 0 Å². The Kier molecular flexibility index (Phi) is 1.95. The van der Waals surface area contributed by atoms with Crippen LogP contribution in [0.5, 0.6) is 5.75 Å². The number of hydrogen-bond acceptors (Lipinski definition) is 3. The average Bonchev–Trinajstić information content (AvgIpc) is 2.29. The van der Waals surface area contributed by atoms with E-state index >= 15 is 0 Å². The van der Waals surface area contributed by atoms with Crippen molar-refractivity contribution in [1.29, 1.82) is 0 Å². The van der Waals surface area contributed by atoms with E-state index in [1.807, 2.05) is 6.07 Å². The molecule has 0 amide bonds. The van der Waals surface area contributed by atoms with Gasteiger partial charge in [-0.1, -0.05) is 12.1 Å². The highest BCUT2D eigenvalue weighted by atomic mass is 16.3. The maximum Gasteiger partial charge on any atom is 0.192 e. The summed E-state index contributed by atoms with van der Waals surface area (Å²) in [5.41, 5.74) is 0.470. The van der Waals surface area contributed by atoms with E-state index in [0.29, 0.717) is 22.1 Å². The summed E-state index contributed by atoms with van der Waals surface area (Å²) in [6.45, 7) is 1.74. The summed E-state index contributed by atoms with van der Waals surface area (Å²) in [6.07, 6.45) is 0. The van der Waals surface area contributed by atoms with E-state index in [0.717, 1.165) is 5.39 Å². The van der Waals surface area contributed by atoms with E-state index in [-0.39, 0.29) is 11.2 Å². The molecule has 0 atom stereocenters. The van der Waals surface area contributed by atoms with E-state index in [1.54, 1.807) is 31.2 Å². The third-order valence-corrected chi connectivity index (χ3v) is 2.85. The lowest BCUT2D eigenvalue weighted by molar-refractivity contribution is 0.481. The second kappa shape index (κ2) is 3.35. The molecule has 3 nitrogen and oxygen atoms in total. The number of rotatable bonds is 0. The molecule has 1 heterocycles. The van der Waals surface area contributed by atoms with Gasteiger partial charge in [0.2, 0.25) is 0 Å². The Morgan fingerprint density at radius 2 is 1.82 bits per heavy atom. The first kappa shape index (κ1) is 9.90. The number of fused-ring (bicyclic) bond motifs is 3. The smallest absolute Gasteiger partial charge is 0.192 e. The minimum absolute atomic E-state index is 0.0611. The van der Waals surface area contributed by atoms with Crippen LogP contribution in [0.4, 0.5) is 0 Å². The van der Waals surface area contributed by atoms with Gasteiger partial charge in [0.05, 0.1) is 5.39 Å². The molecule has 0 fully saturated rings. The van der Waals surface area contributed by atoms with Crippen molar-refractivity contribution >= 4 is 21.7 Å². The van der Waals surface area contributed by atoms with Crippen molar-refractivity contribution in [3.63, 3.8) is 0 Å². The lowest BCUT2D eigenvalue weighted by atomic mass is 10.1. The van der Waals surface area contributed by atoms with Gasteiger partial charge in [0.15, 0.2) is 5.43 Å². The normalized spacial score (nSPS) is 11.1. The van der Waals surface area contributed by atoms with Crippen molar-refractivity contribution in [2.75, 3.05) is 0 Å². The van der Waals surface area contributed by atoms with Gasteiger partial charge in [-0.05, 0) is 25.1 Å². The van der Waals surface area contributed by atoms with Gasteiger partial charge in [-0.25, -0.2) is 0 Å². The molecular formula is C14H10O3. The maximum absolute atomic E-state index is 11.8. The van der Waals surface area contributed by atoms with E-state index in [1.165, 1.54) is 6.07 Å². The largest absolute Gasteiger partial charge is 0.507 e. The molecule has 3 rings (SSSR count). The fourth-order valence-corrected chi connectivity index (χ4v) is 2.07. The lowest BCUT2D eigenvalue weighted by Gasteiger charge is -2.04. The van der Waals surface area contributed by atoms with Crippen LogP contribution in [-0.4, -0.2) is 5.11 Å². The Labute approximate surface area is 96.9 Å². The molecule has 1 aromatic heterocycles. The van der Waals surface area contributed by atoms with Gasteiger partial charge in [-0.15, -0.1) is 0 Å². The predicted octanol–water partition coefficient (Wildman–Crippen LogP) is 2.96. The Hall–Kier alpha value is -2.29. The van der Waals surface area contributed by atoms with Gasteiger partial charge < -0.3 is 9.52 Å². The third-order valence-electron chi connectivity index (χ3n) is 2.85. The number of benzene rings is 2. The predicted molar refractivity (Wildman–Crippen MR) is 66.4 cm³/mol. The molecular weight excluding hydrogens is 216 g/mol. The molecule has 3 heteroatoms. The quantitative estimate of drug-likeness (QED) is 0.599. The number of aryl methyl sites for hydroxylation is 1. The molecule has 0 aliphatic carbocycles. The molecule has 2 aromatic carbocycles. The summed E-state index contributed by atoms with van der Waals surface area (Å²) in [4.78, 5) is 11.8. The molecule has 1 N–H and O–H groups in total. The van der Waals surface area contributed by atoms with Crippen molar-refractivity contribution in [2.24, 2.45) is 0 Å². The minimum atomic E-state index is -0.0611. The lowest BCUT2D eigenvalue weighted by Crippen LogP contribution is -2.00. The molecule has 0 unspecified atom stereocenters. The first-order valence-corrected chi connectivity index (χ1v) is 5.32. The Balaban J connectivity index is 2.65. The third kappa shape index (κ3) is 1.40. The summed E-state index contributed by atoms with van der Waals surface area (Å²) in [5.74, 6) is 0.756. The number of phenols is 1. The van der Waals surface area contributed by atoms with Crippen LogP contribution in [-0.2, 0) is 0 Å². The highest BCUT2D eigenvalue weighted by Crippen LogP contribution is 2.29. The first-order valence-electron chi connectivity index (χ1n) is 5.32. The molecule has 3 aromatic rings. The molecule has 0 radical (unpaired) electrons. The monoisotopic (exact) mass is 226 g/mol. The minimum Gasteiger partial charge on any atom is -0.507 e. The number of aromatic hydroxyl groups is 1. The summed E-state index contributed by atoms with van der Waals surface area (Å²) in [6, 6.07) is 10.1. The Morgan fingerprint density at radius 1 is 1.06 bits per heavy atom. The Morgan fingerprint density at radius 3 is 2.65 bits per heavy atom. The standard InChI is InChI=1S/C14H10O3/c1-8-7-13(16)11-6-5-9-10(14(11)17-8)3-2-4-12(9)15/h2-7,15H,1H3. The zero-order valence-corrected chi connectivity index (χ0v) is 9.23. The average molecular weight is 226 g/mol. The van der Waals surface area contributed by atoms with Crippen LogP contribution in [0.15, 0.2) is 45.6 Å². The molecule has 84 valence electrons. The van der Waals surface area contributed by atoms with E-state index in [9.17, 15) is 9.90 Å². The maximum atomic E-state index is 11.8. The molecule has 0 saturated heterocycles.